The van der Waals surface area contributed by atoms with Crippen LogP contribution in [0, 0.1) is 3.57 Å². The molecule has 0 fully saturated rings. The third kappa shape index (κ3) is 5.85. The Kier molecular flexibility index (Phi) is 7.87. The molecule has 0 saturated heterocycles. The summed E-state index contributed by atoms with van der Waals surface area (Å²) in [5, 5.41) is 0. The van der Waals surface area contributed by atoms with Crippen molar-refractivity contribution in [3.05, 3.63) is 95.6 Å². The van der Waals surface area contributed by atoms with Crippen LogP contribution in [0.25, 0.3) is 6.08 Å². The number of cyclic esters (lactones) is 1. The highest BCUT2D eigenvalue weighted by Gasteiger charge is 2.25. The van der Waals surface area contributed by atoms with Crippen molar-refractivity contribution in [2.45, 2.75) is 13.5 Å². The summed E-state index contributed by atoms with van der Waals surface area (Å²) in [7, 11) is 0. The average Bonchev–Trinajstić information content (AvgIpc) is 3.15. The van der Waals surface area contributed by atoms with Gasteiger partial charge in [-0.25, -0.2) is 9.79 Å². The predicted molar refractivity (Wildman–Crippen MR) is 144 cm³/mol. The van der Waals surface area contributed by atoms with E-state index < -0.39 is 5.97 Å². The van der Waals surface area contributed by atoms with Crippen LogP contribution in [-0.2, 0) is 16.1 Å². The minimum absolute atomic E-state index is 0.211. The number of carbonyl (C=O) groups excluding carboxylic acids is 1. The lowest BCUT2D eigenvalue weighted by atomic mass is 10.1. The zero-order valence-corrected chi connectivity index (χ0v) is 22.8. The lowest BCUT2D eigenvalue weighted by Gasteiger charge is -2.15. The second kappa shape index (κ2) is 10.8. The molecule has 1 heterocycles. The Hall–Kier alpha value is -2.17. The van der Waals surface area contributed by atoms with Crippen LogP contribution in [0.3, 0.4) is 0 Å². The number of benzene rings is 3. The van der Waals surface area contributed by atoms with Crippen molar-refractivity contribution in [1.29, 1.82) is 0 Å². The molecule has 1 aliphatic heterocycles. The highest BCUT2D eigenvalue weighted by atomic mass is 127. The Balaban J connectivity index is 1.61. The van der Waals surface area contributed by atoms with E-state index >= 15 is 0 Å². The number of carbonyl (C=O) groups is 1. The quantitative estimate of drug-likeness (QED) is 0.151. The molecule has 0 aromatic heterocycles. The molecule has 33 heavy (non-hydrogen) atoms. The van der Waals surface area contributed by atoms with Gasteiger partial charge in [0, 0.05) is 8.04 Å². The number of nitrogens with zero attached hydrogens (tertiary/aromatic N) is 1. The van der Waals surface area contributed by atoms with Gasteiger partial charge in [0.15, 0.2) is 17.2 Å². The fourth-order valence-corrected chi connectivity index (χ4v) is 4.52. The molecule has 0 saturated carbocycles. The van der Waals surface area contributed by atoms with Crippen molar-refractivity contribution in [2.24, 2.45) is 4.99 Å². The summed E-state index contributed by atoms with van der Waals surface area (Å²) in [6.07, 6.45) is 1.67. The van der Waals surface area contributed by atoms with Gasteiger partial charge in [-0.05, 0) is 115 Å². The van der Waals surface area contributed by atoms with E-state index in [0.29, 0.717) is 34.7 Å². The van der Waals surface area contributed by atoms with Gasteiger partial charge in [-0.15, -0.1) is 0 Å². The maximum Gasteiger partial charge on any atom is 0.363 e. The molecule has 168 valence electrons. The smallest absolute Gasteiger partial charge is 0.363 e. The Morgan fingerprint density at radius 3 is 2.52 bits per heavy atom. The fourth-order valence-electron chi connectivity index (χ4n) is 3.13. The largest absolute Gasteiger partial charge is 0.490 e. The number of esters is 1. The van der Waals surface area contributed by atoms with Gasteiger partial charge < -0.3 is 14.2 Å². The highest BCUT2D eigenvalue weighted by molar-refractivity contribution is 14.1. The standard InChI is InChI=1S/C25H18Br2INO4/c1-2-31-22-13-16(11-20(27)23(22)32-14-15-7-9-17(28)10-8-15)12-21-25(30)33-24(29-21)18-5-3-4-6-19(18)26/h3-13H,2,14H2,1H3/b21-12-. The summed E-state index contributed by atoms with van der Waals surface area (Å²) >= 11 is 9.32. The lowest BCUT2D eigenvalue weighted by Crippen LogP contribution is -2.05. The van der Waals surface area contributed by atoms with E-state index in [1.54, 1.807) is 6.08 Å². The number of hydrogen-bond donors (Lipinski definition) is 0. The van der Waals surface area contributed by atoms with E-state index in [1.807, 2.05) is 67.6 Å². The molecule has 5 nitrogen and oxygen atoms in total. The van der Waals surface area contributed by atoms with Crippen molar-refractivity contribution < 1.29 is 19.0 Å². The van der Waals surface area contributed by atoms with Crippen molar-refractivity contribution in [1.82, 2.24) is 0 Å². The predicted octanol–water partition coefficient (Wildman–Crippen LogP) is 7.14. The van der Waals surface area contributed by atoms with Crippen LogP contribution in [0.4, 0.5) is 0 Å². The number of halogens is 3. The summed E-state index contributed by atoms with van der Waals surface area (Å²) in [5.41, 5.74) is 2.71. The van der Waals surface area contributed by atoms with E-state index in [-0.39, 0.29) is 11.6 Å². The average molecular weight is 683 g/mol. The number of rotatable bonds is 7. The van der Waals surface area contributed by atoms with Gasteiger partial charge in [0.2, 0.25) is 5.90 Å². The summed E-state index contributed by atoms with van der Waals surface area (Å²) in [5.74, 6) is 0.934. The molecule has 0 N–H and O–H groups in total. The first-order valence-electron chi connectivity index (χ1n) is 10.1. The molecule has 0 aliphatic carbocycles. The molecule has 0 amide bonds. The van der Waals surface area contributed by atoms with Crippen LogP contribution in [0.5, 0.6) is 11.5 Å². The second-order valence-electron chi connectivity index (χ2n) is 6.99. The fraction of sp³-hybridized carbons (Fsp3) is 0.120. The van der Waals surface area contributed by atoms with Crippen LogP contribution in [-0.4, -0.2) is 18.5 Å². The summed E-state index contributed by atoms with van der Waals surface area (Å²) in [6.45, 7) is 2.78. The first-order chi connectivity index (χ1) is 15.9. The van der Waals surface area contributed by atoms with Crippen LogP contribution in [0.1, 0.15) is 23.6 Å². The topological polar surface area (TPSA) is 57.1 Å². The minimum atomic E-state index is -0.506. The monoisotopic (exact) mass is 681 g/mol. The zero-order valence-electron chi connectivity index (χ0n) is 17.5. The third-order valence-electron chi connectivity index (χ3n) is 4.66. The van der Waals surface area contributed by atoms with E-state index in [1.165, 1.54) is 3.57 Å². The Labute approximate surface area is 222 Å². The van der Waals surface area contributed by atoms with E-state index in [4.69, 9.17) is 14.2 Å². The van der Waals surface area contributed by atoms with Gasteiger partial charge >= 0.3 is 5.97 Å². The van der Waals surface area contributed by atoms with Gasteiger partial charge in [-0.3, -0.25) is 0 Å². The molecule has 0 spiro atoms. The lowest BCUT2D eigenvalue weighted by molar-refractivity contribution is -0.129. The highest BCUT2D eigenvalue weighted by Crippen LogP contribution is 2.38. The second-order valence-corrected chi connectivity index (χ2v) is 9.95. The Bertz CT molecular complexity index is 1260. The van der Waals surface area contributed by atoms with Crippen LogP contribution in [0.2, 0.25) is 0 Å². The summed E-state index contributed by atoms with van der Waals surface area (Å²) in [6, 6.07) is 19.3. The van der Waals surface area contributed by atoms with Crippen LogP contribution >= 0.6 is 54.5 Å². The first kappa shape index (κ1) is 24.0. The minimum Gasteiger partial charge on any atom is -0.490 e. The summed E-state index contributed by atoms with van der Waals surface area (Å²) in [4.78, 5) is 16.8. The van der Waals surface area contributed by atoms with Gasteiger partial charge in [0.1, 0.15) is 6.61 Å². The zero-order chi connectivity index (χ0) is 23.4. The number of hydrogen-bond acceptors (Lipinski definition) is 5. The van der Waals surface area contributed by atoms with E-state index in [9.17, 15) is 4.79 Å². The van der Waals surface area contributed by atoms with Crippen LogP contribution < -0.4 is 9.47 Å². The summed E-state index contributed by atoms with van der Waals surface area (Å²) < 4.78 is 19.9. The third-order valence-corrected chi connectivity index (χ3v) is 6.66. The Morgan fingerprint density at radius 1 is 1.03 bits per heavy atom. The molecule has 0 bridgehead atoms. The van der Waals surface area contributed by atoms with Gasteiger partial charge in [-0.2, -0.15) is 0 Å². The van der Waals surface area contributed by atoms with Crippen molar-refractivity contribution in [3.8, 4) is 11.5 Å². The number of aliphatic imine (C=N–C) groups is 1. The molecule has 8 heteroatoms. The normalized spacial score (nSPS) is 14.2. The molecule has 0 unspecified atom stereocenters. The van der Waals surface area contributed by atoms with Crippen molar-refractivity contribution >= 4 is 72.4 Å². The maximum atomic E-state index is 12.4. The first-order valence-corrected chi connectivity index (χ1v) is 12.7. The van der Waals surface area contributed by atoms with E-state index in [0.717, 1.165) is 15.6 Å². The SMILES string of the molecule is CCOc1cc(/C=C2\N=C(c3ccccc3Br)OC2=O)cc(Br)c1OCc1ccc(I)cc1. The molecule has 0 atom stereocenters. The molecule has 1 aliphatic rings. The molecular weight excluding hydrogens is 665 g/mol. The van der Waals surface area contributed by atoms with Crippen molar-refractivity contribution in [2.75, 3.05) is 6.61 Å². The molecule has 3 aromatic carbocycles. The van der Waals surface area contributed by atoms with Gasteiger partial charge in [-0.1, -0.05) is 24.3 Å². The Morgan fingerprint density at radius 2 is 1.79 bits per heavy atom. The molecule has 3 aromatic rings. The molecule has 0 radical (unpaired) electrons. The van der Waals surface area contributed by atoms with Crippen LogP contribution in [0.15, 0.2) is 80.3 Å². The van der Waals surface area contributed by atoms with Gasteiger partial charge in [0.05, 0.1) is 16.6 Å². The molecule has 4 rings (SSSR count). The van der Waals surface area contributed by atoms with Gasteiger partial charge in [0.25, 0.3) is 0 Å². The number of ether oxygens (including phenoxy) is 3. The van der Waals surface area contributed by atoms with E-state index in [2.05, 4.69) is 59.4 Å². The molecular formula is C25H18Br2INO4. The van der Waals surface area contributed by atoms with Crippen molar-refractivity contribution in [3.63, 3.8) is 0 Å². The maximum absolute atomic E-state index is 12.4.